The summed E-state index contributed by atoms with van der Waals surface area (Å²) in [5.74, 6) is 0.936. The van der Waals surface area contributed by atoms with Gasteiger partial charge in [0.05, 0.1) is 26.6 Å². The molecular formula is C22H33Cl2N3O3S. The first-order chi connectivity index (χ1) is 14.5. The SMILES string of the molecule is CC[C@H](C)CN1C(=O)[C@@H](CC(C)C)NC12CCN(S(=O)(=O)c1ccc(Cl)c(Cl)c1)CC2. The fourth-order valence-electron chi connectivity index (χ4n) is 4.50. The Kier molecular flexibility index (Phi) is 7.64. The Morgan fingerprint density at radius 2 is 1.81 bits per heavy atom. The number of sulfonamides is 1. The molecule has 3 rings (SSSR count). The molecule has 1 amide bonds. The molecule has 0 radical (unpaired) electrons. The van der Waals surface area contributed by atoms with Crippen molar-refractivity contribution in [3.05, 3.63) is 28.2 Å². The zero-order valence-corrected chi connectivity index (χ0v) is 21.0. The van der Waals surface area contributed by atoms with Crippen molar-refractivity contribution in [1.82, 2.24) is 14.5 Å². The van der Waals surface area contributed by atoms with E-state index in [0.717, 1.165) is 12.8 Å². The highest BCUT2D eigenvalue weighted by Gasteiger charge is 2.52. The Balaban J connectivity index is 1.80. The lowest BCUT2D eigenvalue weighted by atomic mass is 9.95. The Morgan fingerprint density at radius 1 is 1.16 bits per heavy atom. The van der Waals surface area contributed by atoms with Crippen LogP contribution in [0.3, 0.4) is 0 Å². The van der Waals surface area contributed by atoms with Gasteiger partial charge in [0.2, 0.25) is 15.9 Å². The normalized spacial score (nSPS) is 23.1. The molecule has 1 aromatic rings. The number of carbonyl (C=O) groups is 1. The number of benzene rings is 1. The third-order valence-corrected chi connectivity index (χ3v) is 9.13. The van der Waals surface area contributed by atoms with Crippen LogP contribution >= 0.6 is 23.2 Å². The minimum Gasteiger partial charge on any atom is -0.323 e. The van der Waals surface area contributed by atoms with Gasteiger partial charge in [0.25, 0.3) is 0 Å². The molecule has 0 aliphatic carbocycles. The Labute approximate surface area is 196 Å². The monoisotopic (exact) mass is 489 g/mol. The molecule has 0 saturated carbocycles. The number of piperidine rings is 1. The molecular weight excluding hydrogens is 457 g/mol. The molecule has 6 nitrogen and oxygen atoms in total. The van der Waals surface area contributed by atoms with Crippen LogP contribution in [0, 0.1) is 11.8 Å². The van der Waals surface area contributed by atoms with E-state index in [1.165, 1.54) is 22.5 Å². The van der Waals surface area contributed by atoms with Crippen molar-refractivity contribution in [2.75, 3.05) is 19.6 Å². The summed E-state index contributed by atoms with van der Waals surface area (Å²) in [5, 5.41) is 4.15. The average molecular weight is 490 g/mol. The summed E-state index contributed by atoms with van der Waals surface area (Å²) in [7, 11) is -3.68. The van der Waals surface area contributed by atoms with Crippen molar-refractivity contribution < 1.29 is 13.2 Å². The predicted molar refractivity (Wildman–Crippen MR) is 125 cm³/mol. The second-order valence-electron chi connectivity index (χ2n) is 9.30. The molecule has 0 unspecified atom stereocenters. The van der Waals surface area contributed by atoms with E-state index in [9.17, 15) is 13.2 Å². The van der Waals surface area contributed by atoms with Gasteiger partial charge in [0.1, 0.15) is 0 Å². The number of hydrogen-bond donors (Lipinski definition) is 1. The molecule has 9 heteroatoms. The fraction of sp³-hybridized carbons (Fsp3) is 0.682. The number of nitrogens with one attached hydrogen (secondary N) is 1. The van der Waals surface area contributed by atoms with Crippen LogP contribution in [0.1, 0.15) is 53.4 Å². The highest BCUT2D eigenvalue weighted by Crippen LogP contribution is 2.37. The maximum atomic E-state index is 13.2. The quantitative estimate of drug-likeness (QED) is 0.617. The molecule has 0 bridgehead atoms. The summed E-state index contributed by atoms with van der Waals surface area (Å²) in [4.78, 5) is 15.4. The first kappa shape index (κ1) is 24.8. The van der Waals surface area contributed by atoms with Crippen molar-refractivity contribution >= 4 is 39.1 Å². The van der Waals surface area contributed by atoms with Crippen LogP contribution in [0.2, 0.25) is 10.0 Å². The van der Waals surface area contributed by atoms with Crippen LogP contribution in [-0.4, -0.2) is 54.9 Å². The molecule has 0 aromatic heterocycles. The van der Waals surface area contributed by atoms with Gasteiger partial charge in [-0.3, -0.25) is 10.1 Å². The zero-order valence-electron chi connectivity index (χ0n) is 18.7. The standard InChI is InChI=1S/C22H33Cl2N3O3S/c1-5-16(4)14-27-21(28)20(12-15(2)3)25-22(27)8-10-26(11-9-22)31(29,30)17-6-7-18(23)19(24)13-17/h6-7,13,15-16,20,25H,5,8-12,14H2,1-4H3/t16-,20+/m0/s1. The highest BCUT2D eigenvalue weighted by atomic mass is 35.5. The minimum absolute atomic E-state index is 0.141. The maximum absolute atomic E-state index is 13.2. The molecule has 1 N–H and O–H groups in total. The first-order valence-electron chi connectivity index (χ1n) is 11.0. The van der Waals surface area contributed by atoms with Crippen molar-refractivity contribution in [2.24, 2.45) is 11.8 Å². The molecule has 1 spiro atoms. The molecule has 2 saturated heterocycles. The Morgan fingerprint density at radius 3 is 2.35 bits per heavy atom. The third-order valence-electron chi connectivity index (χ3n) is 6.50. The Hall–Kier alpha value is -0.860. The van der Waals surface area contributed by atoms with E-state index < -0.39 is 15.7 Å². The van der Waals surface area contributed by atoms with E-state index in [4.69, 9.17) is 23.2 Å². The largest absolute Gasteiger partial charge is 0.323 e. The van der Waals surface area contributed by atoms with E-state index in [-0.39, 0.29) is 21.9 Å². The second kappa shape index (κ2) is 9.56. The van der Waals surface area contributed by atoms with Crippen LogP contribution in [0.4, 0.5) is 0 Å². The summed E-state index contributed by atoms with van der Waals surface area (Å²) >= 11 is 12.0. The van der Waals surface area contributed by atoms with Gasteiger partial charge >= 0.3 is 0 Å². The fourth-order valence-corrected chi connectivity index (χ4v) is 6.33. The zero-order chi connectivity index (χ0) is 23.0. The van der Waals surface area contributed by atoms with Crippen molar-refractivity contribution in [3.8, 4) is 0 Å². The summed E-state index contributed by atoms with van der Waals surface area (Å²) < 4.78 is 27.8. The number of nitrogens with zero attached hydrogens (tertiary/aromatic N) is 2. The van der Waals surface area contributed by atoms with E-state index in [2.05, 4.69) is 33.0 Å². The van der Waals surface area contributed by atoms with Crippen molar-refractivity contribution in [3.63, 3.8) is 0 Å². The van der Waals surface area contributed by atoms with Crippen LogP contribution < -0.4 is 5.32 Å². The highest BCUT2D eigenvalue weighted by molar-refractivity contribution is 7.89. The predicted octanol–water partition coefficient (Wildman–Crippen LogP) is 4.37. The molecule has 2 fully saturated rings. The van der Waals surface area contributed by atoms with Crippen molar-refractivity contribution in [1.29, 1.82) is 0 Å². The van der Waals surface area contributed by atoms with Gasteiger partial charge in [-0.2, -0.15) is 4.31 Å². The van der Waals surface area contributed by atoms with E-state index in [0.29, 0.717) is 49.3 Å². The first-order valence-corrected chi connectivity index (χ1v) is 13.2. The number of rotatable bonds is 7. The summed E-state index contributed by atoms with van der Waals surface area (Å²) in [6.07, 6.45) is 2.89. The van der Waals surface area contributed by atoms with Crippen LogP contribution in [0.25, 0.3) is 0 Å². The second-order valence-corrected chi connectivity index (χ2v) is 12.1. The van der Waals surface area contributed by atoms with Gasteiger partial charge in [-0.25, -0.2) is 8.42 Å². The van der Waals surface area contributed by atoms with Gasteiger partial charge in [0.15, 0.2) is 0 Å². The van der Waals surface area contributed by atoms with E-state index in [1.54, 1.807) is 0 Å². The molecule has 174 valence electrons. The van der Waals surface area contributed by atoms with Gasteiger partial charge in [0, 0.05) is 19.6 Å². The van der Waals surface area contributed by atoms with Crippen molar-refractivity contribution in [2.45, 2.75) is 70.0 Å². The van der Waals surface area contributed by atoms with E-state index in [1.807, 2.05) is 4.90 Å². The lowest BCUT2D eigenvalue weighted by Gasteiger charge is -2.45. The summed E-state index contributed by atoms with van der Waals surface area (Å²) in [6.45, 7) is 9.89. The molecule has 2 aliphatic heterocycles. The van der Waals surface area contributed by atoms with Gasteiger partial charge in [-0.1, -0.05) is 57.3 Å². The van der Waals surface area contributed by atoms with Crippen LogP contribution in [0.5, 0.6) is 0 Å². The van der Waals surface area contributed by atoms with Gasteiger partial charge < -0.3 is 4.90 Å². The minimum atomic E-state index is -3.68. The number of amides is 1. The topological polar surface area (TPSA) is 69.7 Å². The lowest BCUT2D eigenvalue weighted by Crippen LogP contribution is -2.60. The third kappa shape index (κ3) is 5.06. The molecule has 31 heavy (non-hydrogen) atoms. The van der Waals surface area contributed by atoms with E-state index >= 15 is 0 Å². The van der Waals surface area contributed by atoms with Crippen LogP contribution in [0.15, 0.2) is 23.1 Å². The molecule has 2 aliphatic rings. The number of carbonyl (C=O) groups excluding carboxylic acids is 1. The van der Waals surface area contributed by atoms with Gasteiger partial charge in [-0.15, -0.1) is 0 Å². The lowest BCUT2D eigenvalue weighted by molar-refractivity contribution is -0.134. The number of halogens is 2. The molecule has 2 heterocycles. The smallest absolute Gasteiger partial charge is 0.243 e. The molecule has 1 aromatic carbocycles. The average Bonchev–Trinajstić information content (AvgIpc) is 2.94. The van der Waals surface area contributed by atoms with Gasteiger partial charge in [-0.05, 0) is 49.3 Å². The maximum Gasteiger partial charge on any atom is 0.243 e. The Bertz CT molecular complexity index is 915. The summed E-state index contributed by atoms with van der Waals surface area (Å²) in [5.41, 5.74) is -0.482. The molecule has 2 atom stereocenters. The number of hydrogen-bond acceptors (Lipinski definition) is 4. The summed E-state index contributed by atoms with van der Waals surface area (Å²) in [6, 6.07) is 4.18. The van der Waals surface area contributed by atoms with Crippen LogP contribution in [-0.2, 0) is 14.8 Å².